The highest BCUT2D eigenvalue weighted by Gasteiger charge is 2.16. The smallest absolute Gasteiger partial charge is 0.335 e. The number of carbonyl (C=O) groups is 2. The fraction of sp³-hybridized carbons (Fsp3) is 0.150. The Morgan fingerprint density at radius 3 is 2.54 bits per heavy atom. The predicted octanol–water partition coefficient (Wildman–Crippen LogP) is 2.99. The van der Waals surface area contributed by atoms with E-state index in [0.717, 1.165) is 16.8 Å². The maximum Gasteiger partial charge on any atom is 0.335 e. The third-order valence-corrected chi connectivity index (χ3v) is 4.67. The van der Waals surface area contributed by atoms with E-state index in [9.17, 15) is 9.59 Å². The number of carboxylic acids is 1. The number of nitrogens with zero attached hydrogens (tertiary/aromatic N) is 1. The van der Waals surface area contributed by atoms with E-state index in [0.29, 0.717) is 5.13 Å². The second-order valence-corrected chi connectivity index (χ2v) is 6.87. The van der Waals surface area contributed by atoms with Crippen LogP contribution in [0.25, 0.3) is 11.3 Å². The van der Waals surface area contributed by atoms with Crippen molar-refractivity contribution in [3.05, 3.63) is 71.1 Å². The van der Waals surface area contributed by atoms with Gasteiger partial charge in [-0.1, -0.05) is 42.5 Å². The minimum atomic E-state index is -0.983. The van der Waals surface area contributed by atoms with Gasteiger partial charge in [-0.05, 0) is 17.7 Å². The molecule has 2 aromatic carbocycles. The quantitative estimate of drug-likeness (QED) is 0.538. The molecule has 0 spiro atoms. The number of nitrogens with two attached hydrogens (primary N) is 1. The van der Waals surface area contributed by atoms with Crippen LogP contribution in [0, 0.1) is 0 Å². The molecule has 0 aliphatic carbocycles. The van der Waals surface area contributed by atoms with Crippen molar-refractivity contribution in [1.82, 2.24) is 4.98 Å². The highest BCUT2D eigenvalue weighted by molar-refractivity contribution is 7.14. The van der Waals surface area contributed by atoms with Gasteiger partial charge in [0.2, 0.25) is 5.91 Å². The van der Waals surface area contributed by atoms with Crippen LogP contribution >= 0.6 is 11.3 Å². The third-order valence-electron chi connectivity index (χ3n) is 3.91. The molecule has 0 fully saturated rings. The van der Waals surface area contributed by atoms with Crippen LogP contribution in [0.5, 0.6) is 0 Å². The Kier molecular flexibility index (Phi) is 6.49. The summed E-state index contributed by atoms with van der Waals surface area (Å²) in [6.07, 6.45) is 0. The number of benzene rings is 2. The summed E-state index contributed by atoms with van der Waals surface area (Å²) in [4.78, 5) is 27.4. The normalized spacial score (nSPS) is 11.8. The summed E-state index contributed by atoms with van der Waals surface area (Å²) < 4.78 is 5.46. The van der Waals surface area contributed by atoms with Crippen molar-refractivity contribution >= 4 is 28.3 Å². The second kappa shape index (κ2) is 9.23. The third kappa shape index (κ3) is 5.23. The molecule has 1 heterocycles. The van der Waals surface area contributed by atoms with Crippen molar-refractivity contribution < 1.29 is 19.4 Å². The lowest BCUT2D eigenvalue weighted by atomic mass is 10.1. The van der Waals surface area contributed by atoms with Crippen molar-refractivity contribution in [1.29, 1.82) is 0 Å². The van der Waals surface area contributed by atoms with E-state index in [4.69, 9.17) is 15.6 Å². The first-order valence-electron chi connectivity index (χ1n) is 8.50. The van der Waals surface area contributed by atoms with Gasteiger partial charge in [-0.15, -0.1) is 11.3 Å². The Morgan fingerprint density at radius 1 is 1.14 bits per heavy atom. The van der Waals surface area contributed by atoms with Gasteiger partial charge in [0, 0.05) is 10.9 Å². The van der Waals surface area contributed by atoms with Crippen LogP contribution in [-0.4, -0.2) is 34.6 Å². The first-order chi connectivity index (χ1) is 13.5. The number of hydrogen-bond acceptors (Lipinski definition) is 6. The van der Waals surface area contributed by atoms with Crippen LogP contribution in [0.1, 0.15) is 15.9 Å². The molecule has 0 saturated carbocycles. The summed E-state index contributed by atoms with van der Waals surface area (Å²) in [7, 11) is 0. The molecular formula is C20H19N3O4S. The zero-order chi connectivity index (χ0) is 19.9. The van der Waals surface area contributed by atoms with Gasteiger partial charge in [0.1, 0.15) is 6.04 Å². The van der Waals surface area contributed by atoms with E-state index in [-0.39, 0.29) is 24.7 Å². The Bertz CT molecular complexity index is 942. The van der Waals surface area contributed by atoms with Crippen LogP contribution in [0.15, 0.2) is 60.0 Å². The highest BCUT2D eigenvalue weighted by atomic mass is 32.1. The zero-order valence-corrected chi connectivity index (χ0v) is 15.7. The summed E-state index contributed by atoms with van der Waals surface area (Å²) in [6.45, 7) is 0.264. The van der Waals surface area contributed by atoms with E-state index >= 15 is 0 Å². The number of hydrogen-bond donors (Lipinski definition) is 3. The Balaban J connectivity index is 1.47. The van der Waals surface area contributed by atoms with Gasteiger partial charge < -0.3 is 20.9 Å². The summed E-state index contributed by atoms with van der Waals surface area (Å²) in [5, 5.41) is 13.9. The largest absolute Gasteiger partial charge is 0.478 e. The number of amides is 1. The molecule has 7 nitrogen and oxygen atoms in total. The van der Waals surface area contributed by atoms with Crippen molar-refractivity contribution in [3.8, 4) is 11.3 Å². The predicted molar refractivity (Wildman–Crippen MR) is 107 cm³/mol. The van der Waals surface area contributed by atoms with Crippen molar-refractivity contribution in [3.63, 3.8) is 0 Å². The van der Waals surface area contributed by atoms with E-state index < -0.39 is 12.0 Å². The lowest BCUT2D eigenvalue weighted by Crippen LogP contribution is -2.39. The topological polar surface area (TPSA) is 115 Å². The summed E-state index contributed by atoms with van der Waals surface area (Å²) in [5.41, 5.74) is 8.64. The molecule has 4 N–H and O–H groups in total. The first kappa shape index (κ1) is 19.7. The zero-order valence-electron chi connectivity index (χ0n) is 14.9. The van der Waals surface area contributed by atoms with Gasteiger partial charge in [0.15, 0.2) is 5.13 Å². The minimum Gasteiger partial charge on any atom is -0.478 e. The SMILES string of the molecule is N[C@@H](COCc1ccc(C(=O)O)cc1)C(=O)Nc1nc(-c2ccccc2)cs1. The lowest BCUT2D eigenvalue weighted by molar-refractivity contribution is -0.118. The Labute approximate surface area is 165 Å². The van der Waals surface area contributed by atoms with Crippen LogP contribution < -0.4 is 11.1 Å². The molecule has 0 aliphatic rings. The van der Waals surface area contributed by atoms with Crippen LogP contribution in [0.2, 0.25) is 0 Å². The van der Waals surface area contributed by atoms with Gasteiger partial charge in [0.25, 0.3) is 0 Å². The van der Waals surface area contributed by atoms with Crippen molar-refractivity contribution in [2.45, 2.75) is 12.6 Å². The van der Waals surface area contributed by atoms with Gasteiger partial charge in [-0.2, -0.15) is 0 Å². The van der Waals surface area contributed by atoms with Crippen LogP contribution in [0.4, 0.5) is 5.13 Å². The number of anilines is 1. The van der Waals surface area contributed by atoms with Gasteiger partial charge >= 0.3 is 5.97 Å². The molecule has 3 aromatic rings. The first-order valence-corrected chi connectivity index (χ1v) is 9.38. The average Bonchev–Trinajstić information content (AvgIpc) is 3.17. The van der Waals surface area contributed by atoms with Gasteiger partial charge in [0.05, 0.1) is 24.5 Å². The lowest BCUT2D eigenvalue weighted by Gasteiger charge is -2.11. The monoisotopic (exact) mass is 397 g/mol. The number of carbonyl (C=O) groups excluding carboxylic acids is 1. The van der Waals surface area contributed by atoms with Crippen molar-refractivity contribution in [2.75, 3.05) is 11.9 Å². The molecule has 144 valence electrons. The van der Waals surface area contributed by atoms with E-state index in [2.05, 4.69) is 10.3 Å². The molecule has 1 amide bonds. The molecule has 3 rings (SSSR count). The fourth-order valence-electron chi connectivity index (χ4n) is 2.39. The number of ether oxygens (including phenoxy) is 1. The minimum absolute atomic E-state index is 0.0312. The summed E-state index contributed by atoms with van der Waals surface area (Å²) >= 11 is 1.33. The molecule has 1 atom stereocenters. The standard InChI is InChI=1S/C20H19N3O4S/c21-16(11-27-10-13-6-8-15(9-7-13)19(25)26)18(24)23-20-22-17(12-28-20)14-4-2-1-3-5-14/h1-9,12,16H,10-11,21H2,(H,25,26)(H,22,23,24)/t16-/m0/s1. The van der Waals surface area contributed by atoms with E-state index in [1.165, 1.54) is 23.5 Å². The number of nitrogens with one attached hydrogen (secondary N) is 1. The van der Waals surface area contributed by atoms with E-state index in [1.54, 1.807) is 12.1 Å². The van der Waals surface area contributed by atoms with Gasteiger partial charge in [-0.3, -0.25) is 4.79 Å². The molecule has 28 heavy (non-hydrogen) atoms. The van der Waals surface area contributed by atoms with E-state index in [1.807, 2.05) is 35.7 Å². The maximum absolute atomic E-state index is 12.2. The fourth-order valence-corrected chi connectivity index (χ4v) is 3.12. The number of carboxylic acid groups (broad SMARTS) is 1. The Morgan fingerprint density at radius 2 is 1.86 bits per heavy atom. The van der Waals surface area contributed by atoms with Crippen molar-refractivity contribution in [2.24, 2.45) is 5.73 Å². The molecule has 1 aromatic heterocycles. The number of aromatic carboxylic acids is 1. The molecule has 0 radical (unpaired) electrons. The highest BCUT2D eigenvalue weighted by Crippen LogP contribution is 2.24. The molecule has 0 aliphatic heterocycles. The average molecular weight is 397 g/mol. The van der Waals surface area contributed by atoms with Gasteiger partial charge in [-0.25, -0.2) is 9.78 Å². The molecule has 0 bridgehead atoms. The summed E-state index contributed by atoms with van der Waals surface area (Å²) in [5.74, 6) is -1.36. The maximum atomic E-state index is 12.2. The number of aromatic nitrogens is 1. The number of rotatable bonds is 8. The Hall–Kier alpha value is -3.07. The van der Waals surface area contributed by atoms with Crippen LogP contribution in [0.3, 0.4) is 0 Å². The molecule has 0 unspecified atom stereocenters. The molecule has 8 heteroatoms. The second-order valence-electron chi connectivity index (χ2n) is 6.02. The number of thiazole rings is 1. The molecule has 0 saturated heterocycles. The van der Waals surface area contributed by atoms with Crippen LogP contribution in [-0.2, 0) is 16.1 Å². The summed E-state index contributed by atoms with van der Waals surface area (Å²) in [6, 6.07) is 15.2. The molecular weight excluding hydrogens is 378 g/mol.